The van der Waals surface area contributed by atoms with Gasteiger partial charge in [0.1, 0.15) is 0 Å². The van der Waals surface area contributed by atoms with Gasteiger partial charge in [-0.25, -0.2) is 0 Å². The summed E-state index contributed by atoms with van der Waals surface area (Å²) in [4.78, 5) is 14.3. The van der Waals surface area contributed by atoms with Crippen LogP contribution < -0.4 is 25.6 Å². The first-order valence-corrected chi connectivity index (χ1v) is 8.58. The number of hydrogen-bond donors (Lipinski definition) is 3. The Labute approximate surface area is 155 Å². The Morgan fingerprint density at radius 3 is 2.56 bits per heavy atom. The van der Waals surface area contributed by atoms with E-state index in [1.807, 2.05) is 27.9 Å². The van der Waals surface area contributed by atoms with Crippen molar-refractivity contribution in [2.45, 2.75) is 26.4 Å². The van der Waals surface area contributed by atoms with Crippen LogP contribution >= 0.6 is 12.2 Å². The number of methoxy groups -OCH3 is 1. The van der Waals surface area contributed by atoms with Crippen LogP contribution in [0.3, 0.4) is 0 Å². The Hall–Kier alpha value is -2.06. The van der Waals surface area contributed by atoms with Crippen molar-refractivity contribution in [2.24, 2.45) is 0 Å². The number of hydrazine groups is 1. The molecule has 0 radical (unpaired) electrons. The highest BCUT2D eigenvalue weighted by molar-refractivity contribution is 7.80. The molecule has 0 fully saturated rings. The summed E-state index contributed by atoms with van der Waals surface area (Å²) >= 11 is 5.12. The maximum Gasteiger partial charge on any atom is 0.269 e. The fraction of sp³-hybridized carbons (Fsp3) is 0.529. The van der Waals surface area contributed by atoms with Crippen LogP contribution in [0.4, 0.5) is 0 Å². The van der Waals surface area contributed by atoms with Crippen LogP contribution in [0.5, 0.6) is 11.5 Å². The number of amides is 1. The molecule has 7 nitrogen and oxygen atoms in total. The molecule has 0 unspecified atom stereocenters. The number of nitrogens with one attached hydrogen (secondary N) is 3. The van der Waals surface area contributed by atoms with Crippen LogP contribution in [0.2, 0.25) is 0 Å². The number of carbonyl (C=O) groups excluding carboxylic acids is 1. The van der Waals surface area contributed by atoms with Gasteiger partial charge in [-0.1, -0.05) is 0 Å². The second-order valence-electron chi connectivity index (χ2n) is 6.02. The molecule has 0 bridgehead atoms. The molecule has 0 heterocycles. The predicted octanol–water partition coefficient (Wildman–Crippen LogP) is 1.54. The van der Waals surface area contributed by atoms with Crippen LogP contribution in [0.25, 0.3) is 0 Å². The highest BCUT2D eigenvalue weighted by Gasteiger charge is 2.12. The summed E-state index contributed by atoms with van der Waals surface area (Å²) in [5.41, 5.74) is 5.69. The number of thiocarbonyl (C=S) groups is 1. The van der Waals surface area contributed by atoms with E-state index in [2.05, 4.69) is 21.1 Å². The molecular formula is C17H28N4O3S. The molecule has 3 N–H and O–H groups in total. The first-order chi connectivity index (χ1) is 11.8. The highest BCUT2D eigenvalue weighted by atomic mass is 32.1. The summed E-state index contributed by atoms with van der Waals surface area (Å²) in [6.45, 7) is 5.55. The third-order valence-electron chi connectivity index (χ3n) is 3.15. The van der Waals surface area contributed by atoms with Crippen molar-refractivity contribution in [1.82, 2.24) is 21.1 Å². The van der Waals surface area contributed by atoms with Gasteiger partial charge in [-0.3, -0.25) is 15.6 Å². The van der Waals surface area contributed by atoms with Crippen molar-refractivity contribution in [3.63, 3.8) is 0 Å². The van der Waals surface area contributed by atoms with Gasteiger partial charge in [0.25, 0.3) is 5.91 Å². The van der Waals surface area contributed by atoms with E-state index in [1.54, 1.807) is 18.2 Å². The Balaban J connectivity index is 2.50. The summed E-state index contributed by atoms with van der Waals surface area (Å²) in [6, 6.07) is 5.01. The van der Waals surface area contributed by atoms with Crippen molar-refractivity contribution < 1.29 is 14.3 Å². The molecule has 1 aromatic rings. The van der Waals surface area contributed by atoms with E-state index < -0.39 is 0 Å². The minimum absolute atomic E-state index is 0.0196. The van der Waals surface area contributed by atoms with Crippen LogP contribution in [-0.4, -0.2) is 56.3 Å². The average Bonchev–Trinajstić information content (AvgIpc) is 2.56. The highest BCUT2D eigenvalue weighted by Crippen LogP contribution is 2.28. The first kappa shape index (κ1) is 21.0. The van der Waals surface area contributed by atoms with Gasteiger partial charge in [0, 0.05) is 12.1 Å². The lowest BCUT2D eigenvalue weighted by molar-refractivity contribution is 0.0943. The molecule has 0 saturated carbocycles. The lowest BCUT2D eigenvalue weighted by Gasteiger charge is -2.15. The molecule has 0 saturated heterocycles. The Kier molecular flexibility index (Phi) is 9.01. The molecule has 0 spiro atoms. The van der Waals surface area contributed by atoms with E-state index in [-0.39, 0.29) is 12.0 Å². The normalized spacial score (nSPS) is 10.5. The molecule has 0 aromatic heterocycles. The molecule has 0 atom stereocenters. The van der Waals surface area contributed by atoms with Crippen molar-refractivity contribution in [1.29, 1.82) is 0 Å². The summed E-state index contributed by atoms with van der Waals surface area (Å²) in [5, 5.41) is 3.41. The second-order valence-corrected chi connectivity index (χ2v) is 6.43. The number of ether oxygens (including phenoxy) is 2. The molecule has 8 heteroatoms. The van der Waals surface area contributed by atoms with Gasteiger partial charge in [0.2, 0.25) is 0 Å². The average molecular weight is 369 g/mol. The van der Waals surface area contributed by atoms with Crippen molar-refractivity contribution in [2.75, 3.05) is 34.3 Å². The van der Waals surface area contributed by atoms with Crippen LogP contribution in [0.1, 0.15) is 30.6 Å². The Morgan fingerprint density at radius 2 is 1.96 bits per heavy atom. The molecule has 0 aliphatic carbocycles. The maximum atomic E-state index is 12.2. The lowest BCUT2D eigenvalue weighted by Crippen LogP contribution is -2.47. The summed E-state index contributed by atoms with van der Waals surface area (Å²) in [7, 11) is 5.57. The van der Waals surface area contributed by atoms with E-state index in [0.717, 1.165) is 19.5 Å². The lowest BCUT2D eigenvalue weighted by atomic mass is 10.2. The standard InChI is InChI=1S/C17H28N4O3S/c1-12(2)24-14-8-7-13(11-15(14)23-5)16(22)19-20-17(25)18-9-6-10-21(3)4/h7-8,11-12H,6,9-10H2,1-5H3,(H,19,22)(H2,18,20,25). The molecule has 1 rings (SSSR count). The molecule has 1 amide bonds. The molecule has 25 heavy (non-hydrogen) atoms. The number of nitrogens with zero attached hydrogens (tertiary/aromatic N) is 1. The van der Waals surface area contributed by atoms with Crippen LogP contribution in [-0.2, 0) is 0 Å². The largest absolute Gasteiger partial charge is 0.493 e. The van der Waals surface area contributed by atoms with E-state index in [4.69, 9.17) is 21.7 Å². The van der Waals surface area contributed by atoms with E-state index in [0.29, 0.717) is 22.2 Å². The summed E-state index contributed by atoms with van der Waals surface area (Å²) in [6.07, 6.45) is 0.975. The quantitative estimate of drug-likeness (QED) is 0.365. The second kappa shape index (κ2) is 10.7. The third-order valence-corrected chi connectivity index (χ3v) is 3.39. The number of benzene rings is 1. The van der Waals surface area contributed by atoms with Crippen molar-refractivity contribution in [3.05, 3.63) is 23.8 Å². The van der Waals surface area contributed by atoms with E-state index in [9.17, 15) is 4.79 Å². The Bertz CT molecular complexity index is 579. The zero-order valence-corrected chi connectivity index (χ0v) is 16.3. The number of hydrogen-bond acceptors (Lipinski definition) is 5. The van der Waals surface area contributed by atoms with Gasteiger partial charge >= 0.3 is 0 Å². The molecular weight excluding hydrogens is 340 g/mol. The van der Waals surface area contributed by atoms with Gasteiger partial charge in [0.15, 0.2) is 16.6 Å². The Morgan fingerprint density at radius 1 is 1.24 bits per heavy atom. The molecule has 140 valence electrons. The van der Waals surface area contributed by atoms with E-state index in [1.165, 1.54) is 7.11 Å². The monoisotopic (exact) mass is 368 g/mol. The van der Waals surface area contributed by atoms with Crippen LogP contribution in [0, 0.1) is 0 Å². The fourth-order valence-electron chi connectivity index (χ4n) is 1.99. The summed E-state index contributed by atoms with van der Waals surface area (Å²) in [5.74, 6) is 0.790. The fourth-order valence-corrected chi connectivity index (χ4v) is 2.14. The molecule has 0 aliphatic rings. The first-order valence-electron chi connectivity index (χ1n) is 8.17. The zero-order valence-electron chi connectivity index (χ0n) is 15.5. The summed E-state index contributed by atoms with van der Waals surface area (Å²) < 4.78 is 10.9. The minimum atomic E-state index is -0.313. The number of rotatable bonds is 8. The van der Waals surface area contributed by atoms with Crippen molar-refractivity contribution >= 4 is 23.2 Å². The smallest absolute Gasteiger partial charge is 0.269 e. The maximum absolute atomic E-state index is 12.2. The SMILES string of the molecule is COc1cc(C(=O)NNC(=S)NCCCN(C)C)ccc1OC(C)C. The molecule has 1 aromatic carbocycles. The van der Waals surface area contributed by atoms with Crippen molar-refractivity contribution in [3.8, 4) is 11.5 Å². The van der Waals surface area contributed by atoms with Gasteiger partial charge in [-0.05, 0) is 71.3 Å². The van der Waals surface area contributed by atoms with E-state index >= 15 is 0 Å². The molecule has 0 aliphatic heterocycles. The predicted molar refractivity (Wildman–Crippen MR) is 103 cm³/mol. The van der Waals surface area contributed by atoms with Gasteiger partial charge in [-0.15, -0.1) is 0 Å². The number of carbonyl (C=O) groups is 1. The topological polar surface area (TPSA) is 74.9 Å². The van der Waals surface area contributed by atoms with Gasteiger partial charge in [0.05, 0.1) is 13.2 Å². The van der Waals surface area contributed by atoms with Gasteiger partial charge < -0.3 is 19.7 Å². The minimum Gasteiger partial charge on any atom is -0.493 e. The third kappa shape index (κ3) is 8.04. The van der Waals surface area contributed by atoms with Crippen LogP contribution in [0.15, 0.2) is 18.2 Å². The zero-order chi connectivity index (χ0) is 18.8. The van der Waals surface area contributed by atoms with Gasteiger partial charge in [-0.2, -0.15) is 0 Å².